The first-order valence-corrected chi connectivity index (χ1v) is 6.51. The molecule has 2 unspecified atom stereocenters. The highest BCUT2D eigenvalue weighted by molar-refractivity contribution is 5.95. The molecule has 1 aromatic rings. The molecule has 8 heteroatoms. The monoisotopic (exact) mass is 300 g/mol. The van der Waals surface area contributed by atoms with Gasteiger partial charge in [-0.3, -0.25) is 14.9 Å². The summed E-state index contributed by atoms with van der Waals surface area (Å²) >= 11 is 0. The fourth-order valence-corrected chi connectivity index (χ4v) is 2.41. The Bertz CT molecular complexity index is 580. The largest absolute Gasteiger partial charge is 0.393 e. The number of nitrogens with zero attached hydrogens (tertiary/aromatic N) is 1. The number of carbonyl (C=O) groups excluding carboxylic acids is 1. The van der Waals surface area contributed by atoms with Crippen LogP contribution in [0.2, 0.25) is 0 Å². The van der Waals surface area contributed by atoms with Crippen molar-refractivity contribution in [1.29, 1.82) is 0 Å². The first-order chi connectivity index (χ1) is 9.88. The van der Waals surface area contributed by atoms with Gasteiger partial charge in [-0.15, -0.1) is 0 Å². The third-order valence-corrected chi connectivity index (χ3v) is 3.46. The molecule has 2 rings (SSSR count). The van der Waals surface area contributed by atoms with Crippen LogP contribution >= 0.6 is 0 Å². The number of carbonyl (C=O) groups is 1. The standard InChI is InChI=1S/C13H14F2N2O4/c14-10-6-12(17(20)21)11(15)5-9(10)13(19)16-7-2-1-3-8(18)4-7/h5-8,18H,1-4H2,(H,16,19). The van der Waals surface area contributed by atoms with Crippen molar-refractivity contribution in [3.05, 3.63) is 39.4 Å². The van der Waals surface area contributed by atoms with Crippen molar-refractivity contribution < 1.29 is 23.6 Å². The minimum atomic E-state index is -1.27. The highest BCUT2D eigenvalue weighted by Crippen LogP contribution is 2.23. The summed E-state index contributed by atoms with van der Waals surface area (Å²) in [5, 5.41) is 22.5. The maximum atomic E-state index is 13.7. The summed E-state index contributed by atoms with van der Waals surface area (Å²) in [5.41, 5.74) is -1.60. The lowest BCUT2D eigenvalue weighted by Gasteiger charge is -2.26. The molecule has 1 fully saturated rings. The van der Waals surface area contributed by atoms with Crippen molar-refractivity contribution in [2.45, 2.75) is 37.8 Å². The van der Waals surface area contributed by atoms with Crippen LogP contribution in [0.25, 0.3) is 0 Å². The molecule has 2 N–H and O–H groups in total. The second-order valence-electron chi connectivity index (χ2n) is 5.03. The maximum absolute atomic E-state index is 13.7. The van der Waals surface area contributed by atoms with Crippen molar-refractivity contribution in [1.82, 2.24) is 5.32 Å². The van der Waals surface area contributed by atoms with Crippen LogP contribution < -0.4 is 5.32 Å². The molecule has 0 aliphatic heterocycles. The van der Waals surface area contributed by atoms with Gasteiger partial charge in [-0.05, 0) is 31.7 Å². The molecule has 6 nitrogen and oxygen atoms in total. The van der Waals surface area contributed by atoms with Crippen LogP contribution in [0.4, 0.5) is 14.5 Å². The number of halogens is 2. The number of nitrogens with one attached hydrogen (secondary N) is 1. The average Bonchev–Trinajstić information content (AvgIpc) is 2.40. The molecule has 0 bridgehead atoms. The van der Waals surface area contributed by atoms with Crippen LogP contribution in [-0.4, -0.2) is 28.1 Å². The van der Waals surface area contributed by atoms with Gasteiger partial charge in [-0.25, -0.2) is 4.39 Å². The van der Waals surface area contributed by atoms with Gasteiger partial charge >= 0.3 is 5.69 Å². The number of hydrogen-bond donors (Lipinski definition) is 2. The third kappa shape index (κ3) is 3.52. The number of rotatable bonds is 3. The van der Waals surface area contributed by atoms with Crippen molar-refractivity contribution in [3.8, 4) is 0 Å². The number of hydrogen-bond acceptors (Lipinski definition) is 4. The van der Waals surface area contributed by atoms with E-state index in [4.69, 9.17) is 0 Å². The molecular weight excluding hydrogens is 286 g/mol. The zero-order chi connectivity index (χ0) is 15.6. The van der Waals surface area contributed by atoms with Gasteiger partial charge in [0.25, 0.3) is 5.91 Å². The zero-order valence-corrected chi connectivity index (χ0v) is 11.0. The summed E-state index contributed by atoms with van der Waals surface area (Å²) in [4.78, 5) is 21.3. The molecule has 21 heavy (non-hydrogen) atoms. The smallest absolute Gasteiger partial charge is 0.307 e. The Labute approximate surface area is 118 Å². The van der Waals surface area contributed by atoms with Gasteiger partial charge < -0.3 is 10.4 Å². The van der Waals surface area contributed by atoms with Crippen LogP contribution in [-0.2, 0) is 0 Å². The van der Waals surface area contributed by atoms with Crippen molar-refractivity contribution in [3.63, 3.8) is 0 Å². The quantitative estimate of drug-likeness (QED) is 0.658. The normalized spacial score (nSPS) is 21.9. The van der Waals surface area contributed by atoms with E-state index in [2.05, 4.69) is 5.32 Å². The van der Waals surface area contributed by atoms with E-state index in [9.17, 15) is 28.8 Å². The minimum absolute atomic E-state index is 0.320. The highest BCUT2D eigenvalue weighted by atomic mass is 19.1. The topological polar surface area (TPSA) is 92.5 Å². The second-order valence-corrected chi connectivity index (χ2v) is 5.03. The van der Waals surface area contributed by atoms with Crippen LogP contribution in [0.3, 0.4) is 0 Å². The number of aliphatic hydroxyl groups excluding tert-OH is 1. The molecule has 0 heterocycles. The van der Waals surface area contributed by atoms with Gasteiger partial charge in [0.2, 0.25) is 5.82 Å². The number of nitro groups is 1. The van der Waals surface area contributed by atoms with Crippen molar-refractivity contribution >= 4 is 11.6 Å². The Hall–Kier alpha value is -2.09. The van der Waals surface area contributed by atoms with Gasteiger partial charge in [-0.1, -0.05) is 0 Å². The first-order valence-electron chi connectivity index (χ1n) is 6.51. The Morgan fingerprint density at radius 1 is 1.33 bits per heavy atom. The molecule has 0 radical (unpaired) electrons. The predicted molar refractivity (Wildman–Crippen MR) is 68.7 cm³/mol. The molecule has 1 saturated carbocycles. The summed E-state index contributed by atoms with van der Waals surface area (Å²) in [6, 6.07) is 0.584. The summed E-state index contributed by atoms with van der Waals surface area (Å²) < 4.78 is 27.1. The molecule has 2 atom stereocenters. The van der Waals surface area contributed by atoms with Crippen LogP contribution in [0.5, 0.6) is 0 Å². The fraction of sp³-hybridized carbons (Fsp3) is 0.462. The molecule has 0 aromatic heterocycles. The van der Waals surface area contributed by atoms with Crippen LogP contribution in [0.1, 0.15) is 36.0 Å². The zero-order valence-electron chi connectivity index (χ0n) is 11.0. The summed E-state index contributed by atoms with van der Waals surface area (Å²) in [5.74, 6) is -3.27. The number of amides is 1. The van der Waals surface area contributed by atoms with Crippen LogP contribution in [0, 0.1) is 21.7 Å². The Balaban J connectivity index is 2.15. The van der Waals surface area contributed by atoms with Gasteiger partial charge in [0.1, 0.15) is 5.82 Å². The summed E-state index contributed by atoms with van der Waals surface area (Å²) in [7, 11) is 0. The van der Waals surface area contributed by atoms with Crippen LogP contribution in [0.15, 0.2) is 12.1 Å². The molecular formula is C13H14F2N2O4. The van der Waals surface area contributed by atoms with E-state index in [-0.39, 0.29) is 6.04 Å². The van der Waals surface area contributed by atoms with E-state index in [1.165, 1.54) is 0 Å². The van der Waals surface area contributed by atoms with Crippen molar-refractivity contribution in [2.75, 3.05) is 0 Å². The predicted octanol–water partition coefficient (Wildman–Crippen LogP) is 1.91. The molecule has 1 aromatic carbocycles. The molecule has 1 aliphatic carbocycles. The Kier molecular flexibility index (Phi) is 4.46. The first kappa shape index (κ1) is 15.3. The Morgan fingerprint density at radius 2 is 2.05 bits per heavy atom. The van der Waals surface area contributed by atoms with Gasteiger partial charge in [0, 0.05) is 6.04 Å². The third-order valence-electron chi connectivity index (χ3n) is 3.46. The Morgan fingerprint density at radius 3 is 2.67 bits per heavy atom. The van der Waals surface area contributed by atoms with E-state index >= 15 is 0 Å². The summed E-state index contributed by atoms with van der Waals surface area (Å²) in [6.45, 7) is 0. The lowest BCUT2D eigenvalue weighted by molar-refractivity contribution is -0.387. The van der Waals surface area contributed by atoms with Crippen molar-refractivity contribution in [2.24, 2.45) is 0 Å². The fourth-order valence-electron chi connectivity index (χ4n) is 2.41. The highest BCUT2D eigenvalue weighted by Gasteiger charge is 2.25. The van der Waals surface area contributed by atoms with E-state index in [0.717, 1.165) is 6.42 Å². The second kappa shape index (κ2) is 6.13. The molecule has 114 valence electrons. The lowest BCUT2D eigenvalue weighted by Crippen LogP contribution is -2.40. The van der Waals surface area contributed by atoms with Gasteiger partial charge in [0.05, 0.1) is 22.7 Å². The number of nitro benzene ring substituents is 1. The molecule has 0 saturated heterocycles. The van der Waals surface area contributed by atoms with Gasteiger partial charge in [-0.2, -0.15) is 4.39 Å². The van der Waals surface area contributed by atoms with Gasteiger partial charge in [0.15, 0.2) is 0 Å². The van der Waals surface area contributed by atoms with E-state index in [1.807, 2.05) is 0 Å². The lowest BCUT2D eigenvalue weighted by atomic mass is 9.93. The minimum Gasteiger partial charge on any atom is -0.393 e. The average molecular weight is 300 g/mol. The van der Waals surface area contributed by atoms with E-state index in [1.54, 1.807) is 0 Å². The molecule has 1 amide bonds. The molecule has 0 spiro atoms. The SMILES string of the molecule is O=C(NC1CCCC(O)C1)c1cc(F)c([N+](=O)[O-])cc1F. The van der Waals surface area contributed by atoms with E-state index < -0.39 is 39.8 Å². The number of benzene rings is 1. The maximum Gasteiger partial charge on any atom is 0.307 e. The molecule has 1 aliphatic rings. The van der Waals surface area contributed by atoms with E-state index in [0.29, 0.717) is 31.4 Å². The summed E-state index contributed by atoms with van der Waals surface area (Å²) in [6.07, 6.45) is 1.83. The number of aliphatic hydroxyl groups is 1.